The molecule has 3 aromatic carbocycles. The third-order valence-electron chi connectivity index (χ3n) is 4.66. The second kappa shape index (κ2) is 9.08. The van der Waals surface area contributed by atoms with Gasteiger partial charge < -0.3 is 14.4 Å². The molecular weight excluding hydrogens is 392 g/mol. The van der Waals surface area contributed by atoms with Crippen LogP contribution in [0, 0.1) is 0 Å². The molecule has 0 saturated carbocycles. The lowest BCUT2D eigenvalue weighted by Gasteiger charge is -2.20. The molecule has 0 bridgehead atoms. The molecular formula is C25H28N2O4. The molecule has 0 spiro atoms. The van der Waals surface area contributed by atoms with Crippen molar-refractivity contribution in [3.05, 3.63) is 71.8 Å². The largest absolute Gasteiger partial charge is 0.497 e. The first-order chi connectivity index (χ1) is 14.6. The number of hydrogen-bond acceptors (Lipinski definition) is 4. The number of rotatable bonds is 5. The van der Waals surface area contributed by atoms with Crippen LogP contribution >= 0.6 is 0 Å². The summed E-state index contributed by atoms with van der Waals surface area (Å²) in [6.45, 7) is 5.89. The molecule has 0 aliphatic heterocycles. The minimum absolute atomic E-state index is 0.0985. The van der Waals surface area contributed by atoms with Crippen LogP contribution in [0.5, 0.6) is 5.75 Å². The highest BCUT2D eigenvalue weighted by Gasteiger charge is 2.17. The highest BCUT2D eigenvalue weighted by molar-refractivity contribution is 5.95. The van der Waals surface area contributed by atoms with Gasteiger partial charge in [-0.1, -0.05) is 18.2 Å². The van der Waals surface area contributed by atoms with Gasteiger partial charge in [0.15, 0.2) is 0 Å². The maximum atomic E-state index is 12.8. The first-order valence-corrected chi connectivity index (χ1v) is 10.1. The number of ether oxygens (including phenoxy) is 2. The van der Waals surface area contributed by atoms with Crippen molar-refractivity contribution in [1.82, 2.24) is 4.90 Å². The zero-order valence-electron chi connectivity index (χ0n) is 18.6. The molecule has 0 saturated heterocycles. The average molecular weight is 421 g/mol. The molecule has 0 heterocycles. The fourth-order valence-electron chi connectivity index (χ4n) is 3.18. The van der Waals surface area contributed by atoms with E-state index in [-0.39, 0.29) is 5.91 Å². The van der Waals surface area contributed by atoms with E-state index in [1.54, 1.807) is 64.1 Å². The molecule has 0 fully saturated rings. The van der Waals surface area contributed by atoms with E-state index >= 15 is 0 Å². The Kier molecular flexibility index (Phi) is 6.49. The topological polar surface area (TPSA) is 67.9 Å². The van der Waals surface area contributed by atoms with Crippen LogP contribution in [0.3, 0.4) is 0 Å². The molecule has 2 amide bonds. The van der Waals surface area contributed by atoms with E-state index in [4.69, 9.17) is 9.47 Å². The Morgan fingerprint density at radius 1 is 0.935 bits per heavy atom. The van der Waals surface area contributed by atoms with Gasteiger partial charge in [-0.2, -0.15) is 0 Å². The van der Waals surface area contributed by atoms with Crippen molar-refractivity contribution in [2.45, 2.75) is 32.9 Å². The Labute approximate surface area is 182 Å². The molecule has 31 heavy (non-hydrogen) atoms. The first-order valence-electron chi connectivity index (χ1n) is 10.1. The van der Waals surface area contributed by atoms with Crippen LogP contribution < -0.4 is 10.1 Å². The Morgan fingerprint density at radius 2 is 1.58 bits per heavy atom. The Balaban J connectivity index is 1.64. The summed E-state index contributed by atoms with van der Waals surface area (Å²) in [7, 11) is 3.42. The molecule has 6 heteroatoms. The summed E-state index contributed by atoms with van der Waals surface area (Å²) in [4.78, 5) is 26.4. The van der Waals surface area contributed by atoms with Gasteiger partial charge in [-0.15, -0.1) is 0 Å². The molecule has 3 aromatic rings. The summed E-state index contributed by atoms with van der Waals surface area (Å²) in [5.74, 6) is 0.718. The van der Waals surface area contributed by atoms with E-state index in [2.05, 4.69) is 11.4 Å². The zero-order chi connectivity index (χ0) is 22.6. The summed E-state index contributed by atoms with van der Waals surface area (Å²) < 4.78 is 10.5. The number of nitrogens with zero attached hydrogens (tertiary/aromatic N) is 1. The van der Waals surface area contributed by atoms with Gasteiger partial charge in [0.1, 0.15) is 11.4 Å². The predicted octanol–water partition coefficient (Wildman–Crippen LogP) is 5.47. The zero-order valence-corrected chi connectivity index (χ0v) is 18.6. The van der Waals surface area contributed by atoms with Crippen LogP contribution in [0.1, 0.15) is 36.7 Å². The van der Waals surface area contributed by atoms with E-state index in [0.717, 1.165) is 22.1 Å². The van der Waals surface area contributed by atoms with Gasteiger partial charge in [-0.25, -0.2) is 4.79 Å². The van der Waals surface area contributed by atoms with E-state index in [1.807, 2.05) is 30.3 Å². The van der Waals surface area contributed by atoms with Gasteiger partial charge >= 0.3 is 6.09 Å². The van der Waals surface area contributed by atoms with Crippen LogP contribution in [0.2, 0.25) is 0 Å². The van der Waals surface area contributed by atoms with Gasteiger partial charge in [0, 0.05) is 24.8 Å². The number of hydrogen-bond donors (Lipinski definition) is 1. The van der Waals surface area contributed by atoms with E-state index in [0.29, 0.717) is 17.8 Å². The second-order valence-corrected chi connectivity index (χ2v) is 8.41. The lowest BCUT2D eigenvalue weighted by Crippen LogP contribution is -2.27. The second-order valence-electron chi connectivity index (χ2n) is 8.41. The number of benzene rings is 3. The Morgan fingerprint density at radius 3 is 2.23 bits per heavy atom. The number of nitrogens with one attached hydrogen (secondary N) is 1. The number of carbonyl (C=O) groups excluding carboxylic acids is 2. The van der Waals surface area contributed by atoms with E-state index < -0.39 is 11.7 Å². The molecule has 0 atom stereocenters. The Bertz CT molecular complexity index is 1080. The van der Waals surface area contributed by atoms with Gasteiger partial charge in [0.25, 0.3) is 5.91 Å². The van der Waals surface area contributed by atoms with Crippen LogP contribution in [0.15, 0.2) is 60.7 Å². The average Bonchev–Trinajstić information content (AvgIpc) is 2.72. The highest BCUT2D eigenvalue weighted by Crippen LogP contribution is 2.23. The first kappa shape index (κ1) is 22.2. The number of carbonyl (C=O) groups is 2. The third kappa shape index (κ3) is 5.98. The van der Waals surface area contributed by atoms with Gasteiger partial charge in [-0.3, -0.25) is 10.1 Å². The quantitative estimate of drug-likeness (QED) is 0.594. The smallest absolute Gasteiger partial charge is 0.412 e. The highest BCUT2D eigenvalue weighted by atomic mass is 16.6. The standard InChI is InChI=1S/C25H28N2O4/c1-25(2,3)31-24(29)26-21-11-8-18(9-12-21)23(28)27(4)16-17-6-7-20-15-22(30-5)13-10-19(20)14-17/h6-15H,16H2,1-5H3,(H,26,29). The normalized spacial score (nSPS) is 11.1. The summed E-state index contributed by atoms with van der Waals surface area (Å²) in [5.41, 5.74) is 1.58. The molecule has 3 rings (SSSR count). The van der Waals surface area contributed by atoms with Crippen LogP contribution in [0.25, 0.3) is 10.8 Å². The number of anilines is 1. The summed E-state index contributed by atoms with van der Waals surface area (Å²) in [6.07, 6.45) is -0.530. The monoisotopic (exact) mass is 420 g/mol. The van der Waals surface area contributed by atoms with E-state index in [1.165, 1.54) is 0 Å². The van der Waals surface area contributed by atoms with Crippen LogP contribution in [-0.4, -0.2) is 36.7 Å². The van der Waals surface area contributed by atoms with Gasteiger partial charge in [-0.05, 0) is 79.6 Å². The lowest BCUT2D eigenvalue weighted by atomic mass is 10.1. The van der Waals surface area contributed by atoms with Crippen molar-refractivity contribution in [2.75, 3.05) is 19.5 Å². The summed E-state index contributed by atoms with van der Waals surface area (Å²) in [5, 5.41) is 4.85. The summed E-state index contributed by atoms with van der Waals surface area (Å²) >= 11 is 0. The fourth-order valence-corrected chi connectivity index (χ4v) is 3.18. The van der Waals surface area contributed by atoms with Crippen molar-refractivity contribution < 1.29 is 19.1 Å². The molecule has 0 aliphatic rings. The van der Waals surface area contributed by atoms with Gasteiger partial charge in [0.05, 0.1) is 7.11 Å². The number of fused-ring (bicyclic) bond motifs is 1. The van der Waals surface area contributed by atoms with Crippen molar-refractivity contribution in [3.8, 4) is 5.75 Å². The maximum absolute atomic E-state index is 12.8. The Hall–Kier alpha value is -3.54. The molecule has 0 radical (unpaired) electrons. The minimum Gasteiger partial charge on any atom is -0.497 e. The van der Waals surface area contributed by atoms with Gasteiger partial charge in [0.2, 0.25) is 0 Å². The van der Waals surface area contributed by atoms with Crippen molar-refractivity contribution >= 4 is 28.5 Å². The molecule has 162 valence electrons. The SMILES string of the molecule is COc1ccc2cc(CN(C)C(=O)c3ccc(NC(=O)OC(C)(C)C)cc3)ccc2c1. The predicted molar refractivity (Wildman–Crippen MR) is 123 cm³/mol. The fraction of sp³-hybridized carbons (Fsp3) is 0.280. The van der Waals surface area contributed by atoms with Crippen molar-refractivity contribution in [3.63, 3.8) is 0 Å². The molecule has 0 aromatic heterocycles. The third-order valence-corrected chi connectivity index (χ3v) is 4.66. The molecule has 0 unspecified atom stereocenters. The molecule has 1 N–H and O–H groups in total. The molecule has 6 nitrogen and oxygen atoms in total. The van der Waals surface area contributed by atoms with E-state index in [9.17, 15) is 9.59 Å². The number of methoxy groups -OCH3 is 1. The van der Waals surface area contributed by atoms with Crippen molar-refractivity contribution in [2.24, 2.45) is 0 Å². The van der Waals surface area contributed by atoms with Crippen molar-refractivity contribution in [1.29, 1.82) is 0 Å². The maximum Gasteiger partial charge on any atom is 0.412 e. The lowest BCUT2D eigenvalue weighted by molar-refractivity contribution is 0.0635. The number of amides is 2. The van der Waals surface area contributed by atoms with Crippen LogP contribution in [-0.2, 0) is 11.3 Å². The summed E-state index contributed by atoms with van der Waals surface area (Å²) in [6, 6.07) is 18.8. The molecule has 0 aliphatic carbocycles. The minimum atomic E-state index is -0.572. The van der Waals surface area contributed by atoms with Crippen LogP contribution in [0.4, 0.5) is 10.5 Å².